The Morgan fingerprint density at radius 2 is 2.06 bits per heavy atom. The Labute approximate surface area is 108 Å². The molecule has 0 saturated heterocycles. The van der Waals surface area contributed by atoms with E-state index < -0.39 is 24.1 Å². The van der Waals surface area contributed by atoms with Gasteiger partial charge >= 0.3 is 6.36 Å². The van der Waals surface area contributed by atoms with Crippen LogP contribution >= 0.6 is 12.4 Å². The molecule has 0 aliphatic carbocycles. The second-order valence-corrected chi connectivity index (χ2v) is 3.35. The van der Waals surface area contributed by atoms with Crippen LogP contribution in [-0.4, -0.2) is 18.3 Å². The maximum Gasteiger partial charge on any atom is 0.573 e. The number of nitrogens with two attached hydrogens (primary N) is 1. The summed E-state index contributed by atoms with van der Waals surface area (Å²) < 4.78 is 39.5. The second-order valence-electron chi connectivity index (χ2n) is 3.35. The van der Waals surface area contributed by atoms with Crippen LogP contribution in [0.2, 0.25) is 0 Å². The molecule has 1 amide bonds. The van der Waals surface area contributed by atoms with Crippen LogP contribution < -0.4 is 15.8 Å². The van der Waals surface area contributed by atoms with E-state index in [4.69, 9.17) is 5.73 Å². The van der Waals surface area contributed by atoms with Gasteiger partial charge in [0.2, 0.25) is 5.91 Å². The number of hydrogen-bond acceptors (Lipinski definition) is 3. The highest BCUT2D eigenvalue weighted by Crippen LogP contribution is 2.24. The van der Waals surface area contributed by atoms with Crippen molar-refractivity contribution in [2.24, 2.45) is 5.73 Å². The van der Waals surface area contributed by atoms with Gasteiger partial charge in [0.05, 0.1) is 6.04 Å². The summed E-state index contributed by atoms with van der Waals surface area (Å²) in [6.07, 6.45) is -4.76. The minimum atomic E-state index is -4.76. The second kappa shape index (κ2) is 6.46. The highest BCUT2D eigenvalue weighted by atomic mass is 35.5. The van der Waals surface area contributed by atoms with Gasteiger partial charge < -0.3 is 15.8 Å². The molecule has 1 atom stereocenters. The average Bonchev–Trinajstić information content (AvgIpc) is 2.15. The monoisotopic (exact) mass is 284 g/mol. The van der Waals surface area contributed by atoms with Crippen molar-refractivity contribution in [2.75, 3.05) is 5.32 Å². The molecule has 3 N–H and O–H groups in total. The summed E-state index contributed by atoms with van der Waals surface area (Å²) in [7, 11) is 0. The third-order valence-electron chi connectivity index (χ3n) is 1.75. The van der Waals surface area contributed by atoms with E-state index >= 15 is 0 Å². The summed E-state index contributed by atoms with van der Waals surface area (Å²) in [5, 5.41) is 2.36. The maximum atomic E-state index is 11.9. The molecule has 1 rings (SSSR count). The van der Waals surface area contributed by atoms with Crippen LogP contribution in [0.25, 0.3) is 0 Å². The number of nitrogens with one attached hydrogen (secondary N) is 1. The number of hydrogen-bond donors (Lipinski definition) is 2. The molecule has 0 aliphatic rings. The normalized spacial score (nSPS) is 12.3. The molecule has 102 valence electrons. The Morgan fingerprint density at radius 1 is 1.44 bits per heavy atom. The fraction of sp³-hybridized carbons (Fsp3) is 0.300. The van der Waals surface area contributed by atoms with Gasteiger partial charge in [-0.2, -0.15) is 0 Å². The summed E-state index contributed by atoms with van der Waals surface area (Å²) >= 11 is 0. The van der Waals surface area contributed by atoms with Crippen LogP contribution in [0, 0.1) is 0 Å². The van der Waals surface area contributed by atoms with Crippen molar-refractivity contribution in [3.8, 4) is 5.75 Å². The minimum absolute atomic E-state index is 0. The standard InChI is InChI=1S/C10H11F3N2O2.ClH/c1-6(14)9(16)15-7-3-2-4-8(5-7)17-10(11,12)13;/h2-6H,14H2,1H3,(H,15,16);1H/t6-;/m0./s1. The molecule has 0 saturated carbocycles. The summed E-state index contributed by atoms with van der Waals surface area (Å²) in [5.41, 5.74) is 5.49. The number of carbonyl (C=O) groups is 1. The zero-order valence-electron chi connectivity index (χ0n) is 9.32. The highest BCUT2D eigenvalue weighted by molar-refractivity contribution is 5.94. The molecule has 0 aliphatic heterocycles. The van der Waals surface area contributed by atoms with E-state index in [2.05, 4.69) is 10.1 Å². The van der Waals surface area contributed by atoms with Crippen molar-refractivity contribution >= 4 is 24.0 Å². The van der Waals surface area contributed by atoms with E-state index in [9.17, 15) is 18.0 Å². The molecular weight excluding hydrogens is 273 g/mol. The van der Waals surface area contributed by atoms with Crippen molar-refractivity contribution in [3.63, 3.8) is 0 Å². The lowest BCUT2D eigenvalue weighted by molar-refractivity contribution is -0.274. The molecule has 4 nitrogen and oxygen atoms in total. The maximum absolute atomic E-state index is 11.9. The molecule has 0 aromatic heterocycles. The summed E-state index contributed by atoms with van der Waals surface area (Å²) in [6, 6.07) is 4.21. The predicted molar refractivity (Wildman–Crippen MR) is 62.7 cm³/mol. The first kappa shape index (κ1) is 16.5. The summed E-state index contributed by atoms with van der Waals surface area (Å²) in [6.45, 7) is 1.46. The van der Waals surface area contributed by atoms with E-state index in [-0.39, 0.29) is 18.1 Å². The number of carbonyl (C=O) groups excluding carboxylic acids is 1. The molecular formula is C10H12ClF3N2O2. The van der Waals surface area contributed by atoms with E-state index in [0.717, 1.165) is 12.1 Å². The molecule has 0 fully saturated rings. The summed E-state index contributed by atoms with van der Waals surface area (Å²) in [5.74, 6) is -0.894. The van der Waals surface area contributed by atoms with E-state index in [1.165, 1.54) is 19.1 Å². The Kier molecular flexibility index (Phi) is 5.93. The van der Waals surface area contributed by atoms with Gasteiger partial charge in [-0.3, -0.25) is 4.79 Å². The third kappa shape index (κ3) is 5.74. The average molecular weight is 285 g/mol. The lowest BCUT2D eigenvalue weighted by Gasteiger charge is -2.11. The number of benzene rings is 1. The van der Waals surface area contributed by atoms with Crippen LogP contribution in [0.3, 0.4) is 0 Å². The Bertz CT molecular complexity index is 410. The third-order valence-corrected chi connectivity index (χ3v) is 1.75. The van der Waals surface area contributed by atoms with Crippen molar-refractivity contribution in [1.29, 1.82) is 0 Å². The number of alkyl halides is 3. The van der Waals surface area contributed by atoms with Crippen LogP contribution in [0.1, 0.15) is 6.92 Å². The molecule has 0 heterocycles. The largest absolute Gasteiger partial charge is 0.573 e. The van der Waals surface area contributed by atoms with Gasteiger partial charge in [-0.1, -0.05) is 6.07 Å². The zero-order chi connectivity index (χ0) is 13.1. The first-order valence-electron chi connectivity index (χ1n) is 4.70. The van der Waals surface area contributed by atoms with Gasteiger partial charge in [0, 0.05) is 11.8 Å². The number of ether oxygens (including phenoxy) is 1. The first-order valence-corrected chi connectivity index (χ1v) is 4.70. The minimum Gasteiger partial charge on any atom is -0.406 e. The Morgan fingerprint density at radius 3 is 2.56 bits per heavy atom. The molecule has 0 unspecified atom stereocenters. The number of anilines is 1. The number of rotatable bonds is 3. The fourth-order valence-electron chi connectivity index (χ4n) is 1.03. The molecule has 1 aromatic rings. The highest BCUT2D eigenvalue weighted by Gasteiger charge is 2.31. The zero-order valence-corrected chi connectivity index (χ0v) is 10.1. The van der Waals surface area contributed by atoms with Crippen LogP contribution in [0.4, 0.5) is 18.9 Å². The molecule has 8 heteroatoms. The number of amides is 1. The van der Waals surface area contributed by atoms with Gasteiger partial charge in [0.15, 0.2) is 0 Å². The molecule has 18 heavy (non-hydrogen) atoms. The van der Waals surface area contributed by atoms with Gasteiger partial charge in [-0.15, -0.1) is 25.6 Å². The van der Waals surface area contributed by atoms with E-state index in [1.54, 1.807) is 0 Å². The predicted octanol–water partition coefficient (Wildman–Crippen LogP) is 2.29. The Hall–Kier alpha value is -1.47. The molecule has 0 bridgehead atoms. The van der Waals surface area contributed by atoms with Gasteiger partial charge in [0.1, 0.15) is 5.75 Å². The first-order chi connectivity index (χ1) is 7.78. The van der Waals surface area contributed by atoms with E-state index in [0.29, 0.717) is 0 Å². The Balaban J connectivity index is 0.00000289. The van der Waals surface area contributed by atoms with Crippen LogP contribution in [0.15, 0.2) is 24.3 Å². The molecule has 0 spiro atoms. The quantitative estimate of drug-likeness (QED) is 0.895. The van der Waals surface area contributed by atoms with E-state index in [1.807, 2.05) is 0 Å². The SMILES string of the molecule is C[C@H](N)C(=O)Nc1cccc(OC(F)(F)F)c1.Cl. The van der Waals surface area contributed by atoms with Gasteiger partial charge in [-0.25, -0.2) is 0 Å². The van der Waals surface area contributed by atoms with Crippen LogP contribution in [-0.2, 0) is 4.79 Å². The summed E-state index contributed by atoms with van der Waals surface area (Å²) in [4.78, 5) is 11.2. The van der Waals surface area contributed by atoms with Crippen LogP contribution in [0.5, 0.6) is 5.75 Å². The van der Waals surface area contributed by atoms with Crippen molar-refractivity contribution in [1.82, 2.24) is 0 Å². The fourth-order valence-corrected chi connectivity index (χ4v) is 1.03. The van der Waals surface area contributed by atoms with Gasteiger partial charge in [0.25, 0.3) is 0 Å². The van der Waals surface area contributed by atoms with Gasteiger partial charge in [-0.05, 0) is 19.1 Å². The molecule has 0 radical (unpaired) electrons. The lowest BCUT2D eigenvalue weighted by Crippen LogP contribution is -2.32. The smallest absolute Gasteiger partial charge is 0.406 e. The van der Waals surface area contributed by atoms with Crippen molar-refractivity contribution in [3.05, 3.63) is 24.3 Å². The topological polar surface area (TPSA) is 64.4 Å². The van der Waals surface area contributed by atoms with Crippen molar-refractivity contribution in [2.45, 2.75) is 19.3 Å². The van der Waals surface area contributed by atoms with Crippen molar-refractivity contribution < 1.29 is 22.7 Å². The molecule has 1 aromatic carbocycles. The number of halogens is 4. The lowest BCUT2D eigenvalue weighted by atomic mass is 10.2.